The Balaban J connectivity index is 1.22. The maximum absolute atomic E-state index is 12.9. The van der Waals surface area contributed by atoms with Gasteiger partial charge >= 0.3 is 5.97 Å². The summed E-state index contributed by atoms with van der Waals surface area (Å²) in [4.78, 5) is 29.9. The Morgan fingerprint density at radius 1 is 0.805 bits per heavy atom. The summed E-state index contributed by atoms with van der Waals surface area (Å²) in [7, 11) is 0. The number of rotatable bonds is 23. The van der Waals surface area contributed by atoms with E-state index in [2.05, 4.69) is 29.4 Å². The van der Waals surface area contributed by atoms with Gasteiger partial charge in [0.1, 0.15) is 0 Å². The van der Waals surface area contributed by atoms with Crippen LogP contribution in [0.2, 0.25) is 0 Å². The molecule has 2 N–H and O–H groups in total. The van der Waals surface area contributed by atoms with Gasteiger partial charge in [-0.05, 0) is 94.3 Å². The van der Waals surface area contributed by atoms with Crippen LogP contribution >= 0.6 is 0 Å². The second-order valence-corrected chi connectivity index (χ2v) is 13.5. The molecule has 0 heterocycles. The van der Waals surface area contributed by atoms with Crippen molar-refractivity contribution in [2.45, 2.75) is 141 Å². The lowest BCUT2D eigenvalue weighted by molar-refractivity contribution is -0.220. The summed E-state index contributed by atoms with van der Waals surface area (Å²) in [6, 6.07) is 0. The Labute approximate surface area is 249 Å². The van der Waals surface area contributed by atoms with E-state index >= 15 is 0 Å². The number of carbonyl (C=O) groups is 2. The lowest BCUT2D eigenvalue weighted by atomic mass is 9.53. The fourth-order valence-electron chi connectivity index (χ4n) is 7.97. The summed E-state index contributed by atoms with van der Waals surface area (Å²) < 4.78 is 0. The number of unbranched alkanes of at least 4 members (excludes halogenated alkanes) is 12. The van der Waals surface area contributed by atoms with Crippen LogP contribution in [0.25, 0.3) is 0 Å². The van der Waals surface area contributed by atoms with Crippen LogP contribution in [0.5, 0.6) is 0 Å². The highest BCUT2D eigenvalue weighted by atomic mass is 16.4. The molecule has 1 amide bonds. The van der Waals surface area contributed by atoms with Crippen molar-refractivity contribution in [3.05, 3.63) is 12.2 Å². The minimum Gasteiger partial charge on any atom is -0.861 e. The van der Waals surface area contributed by atoms with E-state index in [1.165, 1.54) is 94.8 Å². The molecule has 0 saturated heterocycles. The maximum Gasteiger partial charge on any atom is 0.317 e. The summed E-state index contributed by atoms with van der Waals surface area (Å²) in [6.07, 6.45) is 29.0. The molecule has 0 aromatic carbocycles. The van der Waals surface area contributed by atoms with Gasteiger partial charge in [-0.25, -0.2) is 0 Å². The Bertz CT molecular complexity index is 805. The standard InChI is InChI=1S/C34H59N3O4/c1-2-3-4-5-6-7-8-9-10-11-12-13-14-15-16-17-18-35-31(38)25-37(27-33(40)41)26-32(39)36-34-22-28-19-29(23-34)21-30(20-28)24-34/h9-10,28-30H,2-8,11-27H2,1H3,(H,35,38)(H,36,39)(H,40,41)/p-1/b10-9+. The summed E-state index contributed by atoms with van der Waals surface area (Å²) >= 11 is 0. The molecule has 0 atom stereocenters. The minimum atomic E-state index is -1.03. The number of aliphatic imine (C=N–C) groups is 1. The van der Waals surface area contributed by atoms with E-state index in [1.54, 1.807) is 0 Å². The predicted molar refractivity (Wildman–Crippen MR) is 165 cm³/mol. The summed E-state index contributed by atoms with van der Waals surface area (Å²) in [6.45, 7) is 2.22. The number of carboxylic acids is 1. The van der Waals surface area contributed by atoms with Crippen molar-refractivity contribution in [3.8, 4) is 0 Å². The van der Waals surface area contributed by atoms with E-state index < -0.39 is 5.97 Å². The van der Waals surface area contributed by atoms with Gasteiger partial charge in [0, 0.05) is 18.6 Å². The van der Waals surface area contributed by atoms with Crippen LogP contribution in [0.15, 0.2) is 17.1 Å². The van der Waals surface area contributed by atoms with Gasteiger partial charge in [0.05, 0.1) is 13.1 Å². The van der Waals surface area contributed by atoms with E-state index in [9.17, 15) is 19.8 Å². The van der Waals surface area contributed by atoms with E-state index in [0.717, 1.165) is 56.3 Å². The maximum atomic E-state index is 12.9. The smallest absolute Gasteiger partial charge is 0.317 e. The van der Waals surface area contributed by atoms with Crippen molar-refractivity contribution in [1.29, 1.82) is 0 Å². The van der Waals surface area contributed by atoms with Gasteiger partial charge in [0.15, 0.2) is 0 Å². The van der Waals surface area contributed by atoms with E-state index in [0.29, 0.717) is 6.54 Å². The Morgan fingerprint density at radius 3 is 1.85 bits per heavy atom. The van der Waals surface area contributed by atoms with Gasteiger partial charge in [-0.2, -0.15) is 0 Å². The van der Waals surface area contributed by atoms with Crippen LogP contribution in [0.3, 0.4) is 0 Å². The highest BCUT2D eigenvalue weighted by Crippen LogP contribution is 2.55. The molecule has 4 bridgehead atoms. The molecule has 0 aromatic heterocycles. The van der Waals surface area contributed by atoms with Gasteiger partial charge < -0.3 is 20.5 Å². The molecular formula is C34H58N3O4-. The molecule has 4 rings (SSSR count). The molecule has 0 aromatic rings. The minimum absolute atomic E-state index is 0.0659. The highest BCUT2D eigenvalue weighted by Gasteiger charge is 2.51. The third-order valence-electron chi connectivity index (χ3n) is 9.49. The number of nitrogens with one attached hydrogen (secondary N) is 1. The second kappa shape index (κ2) is 18.6. The number of carboxylic acid groups (broad SMARTS) is 1. The first-order chi connectivity index (χ1) is 19.9. The molecule has 4 fully saturated rings. The van der Waals surface area contributed by atoms with Crippen molar-refractivity contribution in [1.82, 2.24) is 10.2 Å². The summed E-state index contributed by atoms with van der Waals surface area (Å²) in [5.74, 6) is 0.640. The predicted octanol–water partition coefficient (Wildman–Crippen LogP) is 6.25. The lowest BCUT2D eigenvalue weighted by Gasteiger charge is -2.57. The molecule has 4 saturated carbocycles. The average molecular weight is 573 g/mol. The number of nitrogens with zero attached hydrogens (tertiary/aromatic N) is 2. The average Bonchev–Trinajstić information content (AvgIpc) is 2.88. The summed E-state index contributed by atoms with van der Waals surface area (Å²) in [5, 5.41) is 25.1. The molecule has 234 valence electrons. The van der Waals surface area contributed by atoms with Gasteiger partial charge in [0.2, 0.25) is 5.91 Å². The molecule has 0 aliphatic heterocycles. The number of hydrogen-bond acceptors (Lipinski definition) is 5. The van der Waals surface area contributed by atoms with Crippen molar-refractivity contribution in [3.63, 3.8) is 0 Å². The molecule has 0 radical (unpaired) electrons. The number of amides is 1. The highest BCUT2D eigenvalue weighted by molar-refractivity contribution is 5.81. The SMILES string of the molecule is CCCCCCCC/C=C/CCCCCCCCN=C([O-])CN(CC(=O)O)CC(=O)NC12CC3CC(CC(C3)C1)C2. The largest absolute Gasteiger partial charge is 0.861 e. The third kappa shape index (κ3) is 13.3. The third-order valence-corrected chi connectivity index (χ3v) is 9.49. The normalized spacial score (nSPS) is 25.4. The molecular weight excluding hydrogens is 514 g/mol. The molecule has 7 heteroatoms. The van der Waals surface area contributed by atoms with Crippen LogP contribution in [-0.2, 0) is 9.59 Å². The molecule has 0 unspecified atom stereocenters. The van der Waals surface area contributed by atoms with Crippen molar-refractivity contribution in [2.24, 2.45) is 22.7 Å². The summed E-state index contributed by atoms with van der Waals surface area (Å²) in [5.41, 5.74) is -0.112. The zero-order valence-corrected chi connectivity index (χ0v) is 25.9. The van der Waals surface area contributed by atoms with Crippen molar-refractivity contribution in [2.75, 3.05) is 26.2 Å². The van der Waals surface area contributed by atoms with Gasteiger partial charge in [-0.15, -0.1) is 0 Å². The second-order valence-electron chi connectivity index (χ2n) is 13.5. The first-order valence-electron chi connectivity index (χ1n) is 17.0. The fourth-order valence-corrected chi connectivity index (χ4v) is 7.97. The Kier molecular flexibility index (Phi) is 15.3. The molecule has 4 aliphatic rings. The number of hydrogen-bond donors (Lipinski definition) is 2. The molecule has 7 nitrogen and oxygen atoms in total. The van der Waals surface area contributed by atoms with Crippen LogP contribution < -0.4 is 10.4 Å². The first kappa shape index (κ1) is 33.6. The Morgan fingerprint density at radius 2 is 1.32 bits per heavy atom. The van der Waals surface area contributed by atoms with Gasteiger partial charge in [-0.1, -0.05) is 76.9 Å². The monoisotopic (exact) mass is 572 g/mol. The van der Waals surface area contributed by atoms with Crippen LogP contribution in [0.1, 0.15) is 135 Å². The quantitative estimate of drug-likeness (QED) is 0.0651. The number of carbonyl (C=O) groups excluding carboxylic acids is 1. The van der Waals surface area contributed by atoms with Gasteiger partial charge in [-0.3, -0.25) is 14.5 Å². The van der Waals surface area contributed by atoms with Crippen molar-refractivity contribution >= 4 is 17.8 Å². The fraction of sp³-hybridized carbons (Fsp3) is 0.853. The zero-order valence-electron chi connectivity index (χ0n) is 25.9. The zero-order chi connectivity index (χ0) is 29.3. The lowest BCUT2D eigenvalue weighted by Crippen LogP contribution is -2.61. The number of allylic oxidation sites excluding steroid dienone is 2. The van der Waals surface area contributed by atoms with Crippen LogP contribution in [0, 0.1) is 17.8 Å². The Hall–Kier alpha value is -1.89. The topological polar surface area (TPSA) is 105 Å². The first-order valence-corrected chi connectivity index (χ1v) is 17.0. The van der Waals surface area contributed by atoms with Crippen LogP contribution in [-0.4, -0.2) is 59.5 Å². The van der Waals surface area contributed by atoms with Gasteiger partial charge in [0.25, 0.3) is 0 Å². The molecule has 41 heavy (non-hydrogen) atoms. The van der Waals surface area contributed by atoms with E-state index in [1.807, 2.05) is 0 Å². The van der Waals surface area contributed by atoms with Crippen molar-refractivity contribution < 1.29 is 19.8 Å². The van der Waals surface area contributed by atoms with E-state index in [-0.39, 0.29) is 37.0 Å². The van der Waals surface area contributed by atoms with E-state index in [4.69, 9.17) is 0 Å². The molecule has 0 spiro atoms. The number of aliphatic carboxylic acids is 1. The van der Waals surface area contributed by atoms with Crippen LogP contribution in [0.4, 0.5) is 0 Å². The molecule has 4 aliphatic carbocycles.